The highest BCUT2D eigenvalue weighted by Gasteiger charge is 2.32. The summed E-state index contributed by atoms with van der Waals surface area (Å²) in [5.74, 6) is -3.24. The molecule has 0 N–H and O–H groups in total. The molecule has 0 aliphatic heterocycles. The smallest absolute Gasteiger partial charge is 0.269 e. The molecule has 0 unspecified atom stereocenters. The molecule has 27 heavy (non-hydrogen) atoms. The number of pyridine rings is 1. The summed E-state index contributed by atoms with van der Waals surface area (Å²) in [5, 5.41) is 3.03. The lowest BCUT2D eigenvalue weighted by Crippen LogP contribution is -2.19. The fourth-order valence-corrected chi connectivity index (χ4v) is 2.84. The van der Waals surface area contributed by atoms with E-state index in [0.29, 0.717) is 19.1 Å². The SMILES string of the molecule is CC(F)(F)c1cc(Cl)n(Cc2cc(=O)n3c(Cl)cc(C(F)(F)F)cc3n2)n1. The van der Waals surface area contributed by atoms with Crippen molar-refractivity contribution in [1.82, 2.24) is 19.2 Å². The molecule has 0 fully saturated rings. The molecule has 5 nitrogen and oxygen atoms in total. The lowest BCUT2D eigenvalue weighted by molar-refractivity contribution is -0.137. The predicted molar refractivity (Wildman–Crippen MR) is 87.4 cm³/mol. The van der Waals surface area contributed by atoms with Gasteiger partial charge in [0.1, 0.15) is 21.6 Å². The van der Waals surface area contributed by atoms with Crippen LogP contribution >= 0.6 is 23.2 Å². The fraction of sp³-hybridized carbons (Fsp3) is 0.267. The van der Waals surface area contributed by atoms with Gasteiger partial charge in [0, 0.05) is 19.1 Å². The molecular weight excluding hydrogens is 418 g/mol. The molecule has 0 bridgehead atoms. The van der Waals surface area contributed by atoms with Crippen LogP contribution < -0.4 is 5.56 Å². The molecule has 144 valence electrons. The minimum absolute atomic E-state index is 0.0219. The zero-order valence-corrected chi connectivity index (χ0v) is 14.9. The standard InChI is InChI=1S/C15H9Cl2F5N4O/c1-14(18,19)9-5-10(16)25(24-9)6-8-4-13(27)26-11(17)2-7(15(20,21)22)3-12(26)23-8/h2-5H,6H2,1H3. The maximum atomic E-state index is 13.3. The minimum atomic E-state index is -4.69. The Bertz CT molecular complexity index is 1080. The van der Waals surface area contributed by atoms with E-state index < -0.39 is 34.1 Å². The molecule has 0 aliphatic carbocycles. The van der Waals surface area contributed by atoms with E-state index in [4.69, 9.17) is 23.2 Å². The van der Waals surface area contributed by atoms with Gasteiger partial charge in [0.15, 0.2) is 0 Å². The second kappa shape index (κ2) is 6.45. The molecule has 3 aromatic heterocycles. The van der Waals surface area contributed by atoms with Crippen LogP contribution in [0.4, 0.5) is 22.0 Å². The summed E-state index contributed by atoms with van der Waals surface area (Å²) < 4.78 is 67.2. The molecule has 0 spiro atoms. The zero-order valence-electron chi connectivity index (χ0n) is 13.4. The Labute approximate surface area is 157 Å². The van der Waals surface area contributed by atoms with Crippen LogP contribution in [-0.4, -0.2) is 19.2 Å². The van der Waals surface area contributed by atoms with E-state index in [1.165, 1.54) is 0 Å². The number of halogens is 7. The number of rotatable bonds is 3. The van der Waals surface area contributed by atoms with Gasteiger partial charge in [-0.1, -0.05) is 23.2 Å². The van der Waals surface area contributed by atoms with Crippen molar-refractivity contribution in [3.8, 4) is 0 Å². The fourth-order valence-electron chi connectivity index (χ4n) is 2.35. The lowest BCUT2D eigenvalue weighted by atomic mass is 10.2. The summed E-state index contributed by atoms with van der Waals surface area (Å²) in [6, 6.07) is 3.23. The Morgan fingerprint density at radius 1 is 1.04 bits per heavy atom. The molecule has 0 saturated heterocycles. The van der Waals surface area contributed by atoms with Gasteiger partial charge in [-0.05, 0) is 12.1 Å². The number of nitrogens with zero attached hydrogens (tertiary/aromatic N) is 4. The Kier molecular flexibility index (Phi) is 4.67. The molecule has 0 aromatic carbocycles. The van der Waals surface area contributed by atoms with Crippen molar-refractivity contribution in [1.29, 1.82) is 0 Å². The van der Waals surface area contributed by atoms with Crippen molar-refractivity contribution in [2.75, 3.05) is 0 Å². The van der Waals surface area contributed by atoms with Gasteiger partial charge in [-0.25, -0.2) is 9.67 Å². The Hall–Kier alpha value is -2.20. The number of hydrogen-bond donors (Lipinski definition) is 0. The molecule has 0 saturated carbocycles. The van der Waals surface area contributed by atoms with Gasteiger partial charge >= 0.3 is 6.18 Å². The Balaban J connectivity index is 2.09. The van der Waals surface area contributed by atoms with E-state index in [2.05, 4.69) is 10.1 Å². The summed E-state index contributed by atoms with van der Waals surface area (Å²) >= 11 is 11.6. The van der Waals surface area contributed by atoms with Crippen molar-refractivity contribution in [2.45, 2.75) is 25.6 Å². The van der Waals surface area contributed by atoms with Crippen LogP contribution in [0.1, 0.15) is 23.9 Å². The summed E-state index contributed by atoms with van der Waals surface area (Å²) in [7, 11) is 0. The average molecular weight is 427 g/mol. The van der Waals surface area contributed by atoms with Gasteiger partial charge in [0.25, 0.3) is 11.5 Å². The van der Waals surface area contributed by atoms with Gasteiger partial charge in [-0.15, -0.1) is 0 Å². The molecule has 0 aliphatic rings. The quantitative estimate of drug-likeness (QED) is 0.461. The Morgan fingerprint density at radius 3 is 2.26 bits per heavy atom. The maximum Gasteiger partial charge on any atom is 0.416 e. The monoisotopic (exact) mass is 426 g/mol. The van der Waals surface area contributed by atoms with E-state index in [9.17, 15) is 26.7 Å². The summed E-state index contributed by atoms with van der Waals surface area (Å²) in [6.45, 7) is 0.339. The van der Waals surface area contributed by atoms with E-state index >= 15 is 0 Å². The van der Waals surface area contributed by atoms with Crippen LogP contribution in [0.15, 0.2) is 29.1 Å². The number of hydrogen-bond acceptors (Lipinski definition) is 3. The molecule has 0 atom stereocenters. The van der Waals surface area contributed by atoms with Crippen LogP contribution in [0.25, 0.3) is 5.65 Å². The van der Waals surface area contributed by atoms with Crippen LogP contribution in [0.3, 0.4) is 0 Å². The largest absolute Gasteiger partial charge is 0.416 e. The van der Waals surface area contributed by atoms with Gasteiger partial charge in [0.2, 0.25) is 0 Å². The molecule has 3 rings (SSSR count). The topological polar surface area (TPSA) is 52.2 Å². The average Bonchev–Trinajstić information content (AvgIpc) is 2.86. The molecule has 0 radical (unpaired) electrons. The second-order valence-corrected chi connectivity index (χ2v) is 6.52. The summed E-state index contributed by atoms with van der Waals surface area (Å²) in [6.07, 6.45) is -4.69. The lowest BCUT2D eigenvalue weighted by Gasteiger charge is -2.11. The van der Waals surface area contributed by atoms with Crippen LogP contribution in [0, 0.1) is 0 Å². The highest BCUT2D eigenvalue weighted by molar-refractivity contribution is 6.30. The van der Waals surface area contributed by atoms with Gasteiger partial charge in [-0.2, -0.15) is 27.1 Å². The number of aromatic nitrogens is 4. The van der Waals surface area contributed by atoms with Crippen LogP contribution in [-0.2, 0) is 18.6 Å². The minimum Gasteiger partial charge on any atom is -0.269 e. The van der Waals surface area contributed by atoms with Crippen LogP contribution in [0.5, 0.6) is 0 Å². The molecular formula is C15H9Cl2F5N4O. The second-order valence-electron chi connectivity index (χ2n) is 5.74. The van der Waals surface area contributed by atoms with Gasteiger partial charge in [0.05, 0.1) is 17.8 Å². The van der Waals surface area contributed by atoms with E-state index in [1.54, 1.807) is 0 Å². The maximum absolute atomic E-state index is 13.3. The third kappa shape index (κ3) is 3.91. The summed E-state index contributed by atoms with van der Waals surface area (Å²) in [5.41, 5.74) is -2.78. The van der Waals surface area contributed by atoms with Gasteiger partial charge < -0.3 is 0 Å². The first-order valence-electron chi connectivity index (χ1n) is 7.27. The predicted octanol–water partition coefficient (Wildman–Crippen LogP) is 4.38. The van der Waals surface area contributed by atoms with Crippen molar-refractivity contribution < 1.29 is 22.0 Å². The first-order valence-corrected chi connectivity index (χ1v) is 8.03. The van der Waals surface area contributed by atoms with E-state index in [-0.39, 0.29) is 23.0 Å². The normalized spacial score (nSPS) is 12.7. The third-order valence-electron chi connectivity index (χ3n) is 3.59. The first kappa shape index (κ1) is 19.6. The first-order chi connectivity index (χ1) is 12.4. The van der Waals surface area contributed by atoms with E-state index in [1.807, 2.05) is 0 Å². The molecule has 12 heteroatoms. The number of alkyl halides is 5. The summed E-state index contributed by atoms with van der Waals surface area (Å²) in [4.78, 5) is 16.1. The van der Waals surface area contributed by atoms with Crippen molar-refractivity contribution >= 4 is 28.8 Å². The molecule has 3 heterocycles. The highest BCUT2D eigenvalue weighted by atomic mass is 35.5. The van der Waals surface area contributed by atoms with Gasteiger partial charge in [-0.3, -0.25) is 9.20 Å². The van der Waals surface area contributed by atoms with Crippen molar-refractivity contribution in [3.63, 3.8) is 0 Å². The van der Waals surface area contributed by atoms with Crippen molar-refractivity contribution in [3.05, 3.63) is 61.9 Å². The third-order valence-corrected chi connectivity index (χ3v) is 4.17. The van der Waals surface area contributed by atoms with Crippen LogP contribution in [0.2, 0.25) is 10.3 Å². The highest BCUT2D eigenvalue weighted by Crippen LogP contribution is 2.31. The molecule has 0 amide bonds. The zero-order chi connectivity index (χ0) is 20.1. The van der Waals surface area contributed by atoms with Crippen molar-refractivity contribution in [2.24, 2.45) is 0 Å². The Morgan fingerprint density at radius 2 is 1.70 bits per heavy atom. The van der Waals surface area contributed by atoms with E-state index in [0.717, 1.165) is 21.2 Å². The molecule has 3 aromatic rings. The number of fused-ring (bicyclic) bond motifs is 1.